The smallest absolute Gasteiger partial charge is 0.244 e. The third kappa shape index (κ3) is 2.02. The first-order chi connectivity index (χ1) is 8.02. The van der Waals surface area contributed by atoms with Gasteiger partial charge in [-0.15, -0.1) is 0 Å². The Balaban J connectivity index is 2.46. The molecule has 0 spiro atoms. The van der Waals surface area contributed by atoms with Crippen molar-refractivity contribution < 1.29 is 13.6 Å². The van der Waals surface area contributed by atoms with Gasteiger partial charge in [0.15, 0.2) is 5.82 Å². The highest BCUT2D eigenvalue weighted by atomic mass is 19.1. The number of carbonyl (C=O) groups is 1. The van der Waals surface area contributed by atoms with E-state index >= 15 is 0 Å². The van der Waals surface area contributed by atoms with Crippen molar-refractivity contribution in [1.82, 2.24) is 0 Å². The Hall–Kier alpha value is -1.49. The lowest BCUT2D eigenvalue weighted by Gasteiger charge is -2.31. The maximum absolute atomic E-state index is 13.9. The highest BCUT2D eigenvalue weighted by molar-refractivity contribution is 5.98. The highest BCUT2D eigenvalue weighted by Crippen LogP contribution is 2.28. The van der Waals surface area contributed by atoms with Gasteiger partial charge in [0.05, 0.1) is 6.04 Å². The molecule has 0 bridgehead atoms. The summed E-state index contributed by atoms with van der Waals surface area (Å²) in [7, 11) is 0. The maximum Gasteiger partial charge on any atom is 0.244 e. The van der Waals surface area contributed by atoms with Crippen molar-refractivity contribution in [1.29, 1.82) is 0 Å². The first kappa shape index (κ1) is 12.0. The van der Waals surface area contributed by atoms with Gasteiger partial charge in [-0.25, -0.2) is 8.78 Å². The monoisotopic (exact) mass is 240 g/mol. The second kappa shape index (κ2) is 4.41. The molecule has 1 amide bonds. The average molecular weight is 240 g/mol. The minimum Gasteiger partial charge on any atom is -0.320 e. The number of anilines is 1. The van der Waals surface area contributed by atoms with Gasteiger partial charge in [0.1, 0.15) is 11.5 Å². The Morgan fingerprint density at radius 3 is 2.82 bits per heavy atom. The number of carbonyl (C=O) groups excluding carboxylic acids is 1. The van der Waals surface area contributed by atoms with Gasteiger partial charge in [-0.2, -0.15) is 0 Å². The second-order valence-electron chi connectivity index (χ2n) is 4.27. The maximum atomic E-state index is 13.9. The van der Waals surface area contributed by atoms with Gasteiger partial charge in [-0.3, -0.25) is 4.79 Å². The summed E-state index contributed by atoms with van der Waals surface area (Å²) in [4.78, 5) is 12.9. The Morgan fingerprint density at radius 2 is 2.12 bits per heavy atom. The van der Waals surface area contributed by atoms with E-state index < -0.39 is 23.6 Å². The number of hydrogen-bond acceptors (Lipinski definition) is 2. The number of aryl methyl sites for hydroxylation is 1. The van der Waals surface area contributed by atoms with Crippen molar-refractivity contribution in [3.8, 4) is 0 Å². The van der Waals surface area contributed by atoms with Gasteiger partial charge in [-0.1, -0.05) is 6.07 Å². The summed E-state index contributed by atoms with van der Waals surface area (Å²) in [6.45, 7) is 1.84. The molecule has 2 rings (SSSR count). The summed E-state index contributed by atoms with van der Waals surface area (Å²) < 4.78 is 27.5. The number of halogens is 2. The molecule has 92 valence electrons. The molecule has 1 aromatic carbocycles. The molecule has 1 heterocycles. The molecule has 1 saturated heterocycles. The zero-order valence-corrected chi connectivity index (χ0v) is 9.54. The van der Waals surface area contributed by atoms with E-state index in [1.807, 2.05) is 0 Å². The van der Waals surface area contributed by atoms with Crippen molar-refractivity contribution in [3.05, 3.63) is 29.3 Å². The van der Waals surface area contributed by atoms with Crippen molar-refractivity contribution >= 4 is 11.6 Å². The van der Waals surface area contributed by atoms with Gasteiger partial charge < -0.3 is 10.6 Å². The molecule has 2 N–H and O–H groups in total. The zero-order chi connectivity index (χ0) is 12.6. The van der Waals surface area contributed by atoms with Crippen LogP contribution in [0.2, 0.25) is 0 Å². The lowest BCUT2D eigenvalue weighted by atomic mass is 10.0. The number of amides is 1. The molecule has 0 aliphatic carbocycles. The number of piperidine rings is 1. The third-order valence-corrected chi connectivity index (χ3v) is 3.01. The van der Waals surface area contributed by atoms with Crippen LogP contribution in [0.3, 0.4) is 0 Å². The van der Waals surface area contributed by atoms with E-state index in [1.54, 1.807) is 0 Å². The molecule has 1 aliphatic heterocycles. The van der Waals surface area contributed by atoms with Crippen molar-refractivity contribution in [3.63, 3.8) is 0 Å². The first-order valence-corrected chi connectivity index (χ1v) is 5.54. The number of hydrogen-bond donors (Lipinski definition) is 1. The Bertz CT molecular complexity index is 462. The fourth-order valence-electron chi connectivity index (χ4n) is 2.01. The van der Waals surface area contributed by atoms with Crippen LogP contribution in [0, 0.1) is 18.6 Å². The van der Waals surface area contributed by atoms with Crippen molar-refractivity contribution in [2.75, 3.05) is 11.4 Å². The number of nitrogens with two attached hydrogens (primary N) is 1. The van der Waals surface area contributed by atoms with Crippen LogP contribution in [0.5, 0.6) is 0 Å². The molecule has 1 fully saturated rings. The van der Waals surface area contributed by atoms with E-state index in [1.165, 1.54) is 19.1 Å². The molecule has 17 heavy (non-hydrogen) atoms. The van der Waals surface area contributed by atoms with Gasteiger partial charge in [0, 0.05) is 6.54 Å². The number of rotatable bonds is 1. The first-order valence-electron chi connectivity index (χ1n) is 5.54. The van der Waals surface area contributed by atoms with Gasteiger partial charge in [-0.05, 0) is 31.4 Å². The molecule has 0 aromatic heterocycles. The Labute approximate surface area is 98.2 Å². The molecule has 1 aromatic rings. The standard InChI is InChI=1S/C12H14F2N2O/c1-7-4-5-8(13)11(10(7)14)16-6-2-3-9(15)12(16)17/h4-5,9H,2-3,6,15H2,1H3. The lowest BCUT2D eigenvalue weighted by Crippen LogP contribution is -2.49. The van der Waals surface area contributed by atoms with Crippen molar-refractivity contribution in [2.24, 2.45) is 5.73 Å². The summed E-state index contributed by atoms with van der Waals surface area (Å²) in [5, 5.41) is 0. The summed E-state index contributed by atoms with van der Waals surface area (Å²) >= 11 is 0. The minimum absolute atomic E-state index is 0.273. The van der Waals surface area contributed by atoms with Crippen LogP contribution in [-0.4, -0.2) is 18.5 Å². The van der Waals surface area contributed by atoms with Crippen LogP contribution < -0.4 is 10.6 Å². The van der Waals surface area contributed by atoms with E-state index in [0.29, 0.717) is 24.9 Å². The molecule has 0 saturated carbocycles. The predicted molar refractivity (Wildman–Crippen MR) is 60.7 cm³/mol. The summed E-state index contributed by atoms with van der Waals surface area (Å²) in [5.41, 5.74) is 5.65. The minimum atomic E-state index is -0.726. The van der Waals surface area contributed by atoms with Crippen LogP contribution >= 0.6 is 0 Å². The van der Waals surface area contributed by atoms with E-state index in [-0.39, 0.29) is 5.69 Å². The van der Waals surface area contributed by atoms with Crippen LogP contribution in [0.4, 0.5) is 14.5 Å². The van der Waals surface area contributed by atoms with Crippen LogP contribution in [-0.2, 0) is 4.79 Å². The second-order valence-corrected chi connectivity index (χ2v) is 4.27. The van der Waals surface area contributed by atoms with Gasteiger partial charge >= 0.3 is 0 Å². The third-order valence-electron chi connectivity index (χ3n) is 3.01. The molecule has 5 heteroatoms. The van der Waals surface area contributed by atoms with E-state index in [0.717, 1.165) is 4.90 Å². The Morgan fingerprint density at radius 1 is 1.41 bits per heavy atom. The lowest BCUT2D eigenvalue weighted by molar-refractivity contribution is -0.120. The molecule has 1 unspecified atom stereocenters. The number of nitrogens with zero attached hydrogens (tertiary/aromatic N) is 1. The predicted octanol–water partition coefficient (Wildman–Crippen LogP) is 1.73. The summed E-state index contributed by atoms with van der Waals surface area (Å²) in [6, 6.07) is 1.85. The molecular weight excluding hydrogens is 226 g/mol. The van der Waals surface area contributed by atoms with Gasteiger partial charge in [0.25, 0.3) is 0 Å². The Kier molecular flexibility index (Phi) is 3.11. The van der Waals surface area contributed by atoms with E-state index in [9.17, 15) is 13.6 Å². The van der Waals surface area contributed by atoms with E-state index in [4.69, 9.17) is 5.73 Å². The van der Waals surface area contributed by atoms with Crippen LogP contribution in [0.15, 0.2) is 12.1 Å². The van der Waals surface area contributed by atoms with Crippen LogP contribution in [0.25, 0.3) is 0 Å². The largest absolute Gasteiger partial charge is 0.320 e. The quantitative estimate of drug-likeness (QED) is 0.812. The topological polar surface area (TPSA) is 46.3 Å². The fourth-order valence-corrected chi connectivity index (χ4v) is 2.01. The summed E-state index contributed by atoms with van der Waals surface area (Å²) in [5.74, 6) is -1.83. The normalized spacial score (nSPS) is 20.8. The molecular formula is C12H14F2N2O. The molecule has 1 aliphatic rings. The van der Waals surface area contributed by atoms with Gasteiger partial charge in [0.2, 0.25) is 5.91 Å². The molecule has 1 atom stereocenters. The average Bonchev–Trinajstić information content (AvgIpc) is 2.30. The molecule has 3 nitrogen and oxygen atoms in total. The molecule has 0 radical (unpaired) electrons. The van der Waals surface area contributed by atoms with E-state index in [2.05, 4.69) is 0 Å². The number of benzene rings is 1. The van der Waals surface area contributed by atoms with Crippen LogP contribution in [0.1, 0.15) is 18.4 Å². The fraction of sp³-hybridized carbons (Fsp3) is 0.417. The summed E-state index contributed by atoms with van der Waals surface area (Å²) in [6.07, 6.45) is 1.21. The SMILES string of the molecule is Cc1ccc(F)c(N2CCCC(N)C2=O)c1F. The highest BCUT2D eigenvalue weighted by Gasteiger charge is 2.30. The van der Waals surface area contributed by atoms with Crippen molar-refractivity contribution in [2.45, 2.75) is 25.8 Å². The zero-order valence-electron chi connectivity index (χ0n) is 9.54.